The maximum Gasteiger partial charge on any atom is 0.227 e. The number of nitrogens with two attached hydrogens (primary N) is 1. The maximum atomic E-state index is 12.9. The number of carbonyl (C=O) groups is 1. The average molecular weight is 293 g/mol. The second-order valence-corrected chi connectivity index (χ2v) is 5.35. The van der Waals surface area contributed by atoms with Gasteiger partial charge in [-0.2, -0.15) is 0 Å². The molecular formula is C15H20FN3O2. The van der Waals surface area contributed by atoms with Crippen LogP contribution in [0.5, 0.6) is 0 Å². The molecule has 0 saturated heterocycles. The number of nitrogens with zero attached hydrogens (tertiary/aromatic N) is 2. The number of rotatable bonds is 5. The highest BCUT2D eigenvalue weighted by atomic mass is 19.1. The molecule has 0 aromatic heterocycles. The van der Waals surface area contributed by atoms with E-state index in [1.807, 2.05) is 0 Å². The Labute approximate surface area is 123 Å². The van der Waals surface area contributed by atoms with Gasteiger partial charge in [-0.1, -0.05) is 30.1 Å². The van der Waals surface area contributed by atoms with Crippen LogP contribution in [0.15, 0.2) is 29.4 Å². The van der Waals surface area contributed by atoms with E-state index in [0.29, 0.717) is 0 Å². The van der Waals surface area contributed by atoms with Gasteiger partial charge in [0.1, 0.15) is 5.82 Å². The molecule has 1 fully saturated rings. The molecule has 0 heterocycles. The Morgan fingerprint density at radius 1 is 1.33 bits per heavy atom. The molecule has 0 spiro atoms. The van der Waals surface area contributed by atoms with E-state index in [2.05, 4.69) is 5.16 Å². The highest BCUT2D eigenvalue weighted by Crippen LogP contribution is 2.24. The van der Waals surface area contributed by atoms with Gasteiger partial charge in [-0.15, -0.1) is 0 Å². The summed E-state index contributed by atoms with van der Waals surface area (Å²) in [7, 11) is 0. The van der Waals surface area contributed by atoms with E-state index in [9.17, 15) is 9.18 Å². The predicted octanol–water partition coefficient (Wildman–Crippen LogP) is 1.89. The molecule has 0 aliphatic heterocycles. The molecular weight excluding hydrogens is 273 g/mol. The molecule has 1 aromatic carbocycles. The molecule has 1 aliphatic rings. The van der Waals surface area contributed by atoms with Crippen LogP contribution in [0.1, 0.15) is 31.2 Å². The second kappa shape index (κ2) is 7.06. The molecule has 0 radical (unpaired) electrons. The molecule has 0 bridgehead atoms. The molecule has 1 aromatic rings. The van der Waals surface area contributed by atoms with Gasteiger partial charge in [0, 0.05) is 6.04 Å². The third-order valence-corrected chi connectivity index (χ3v) is 3.82. The van der Waals surface area contributed by atoms with Crippen LogP contribution in [0.2, 0.25) is 0 Å². The van der Waals surface area contributed by atoms with Crippen molar-refractivity contribution in [3.05, 3.63) is 35.6 Å². The number of oxime groups is 1. The third-order valence-electron chi connectivity index (χ3n) is 3.82. The van der Waals surface area contributed by atoms with Crippen molar-refractivity contribution in [2.75, 3.05) is 6.54 Å². The Kier molecular flexibility index (Phi) is 5.14. The lowest BCUT2D eigenvalue weighted by Gasteiger charge is -2.28. The van der Waals surface area contributed by atoms with Crippen LogP contribution in [0, 0.1) is 5.82 Å². The summed E-state index contributed by atoms with van der Waals surface area (Å²) in [5, 5.41) is 11.7. The quantitative estimate of drug-likeness (QED) is 0.376. The summed E-state index contributed by atoms with van der Waals surface area (Å²) in [5.41, 5.74) is 6.30. The van der Waals surface area contributed by atoms with Crippen LogP contribution in [-0.4, -0.2) is 34.4 Å². The van der Waals surface area contributed by atoms with E-state index in [4.69, 9.17) is 10.9 Å². The fourth-order valence-electron chi connectivity index (χ4n) is 2.72. The molecule has 6 heteroatoms. The van der Waals surface area contributed by atoms with Gasteiger partial charge in [0.2, 0.25) is 5.91 Å². The highest BCUT2D eigenvalue weighted by Gasteiger charge is 2.27. The first-order chi connectivity index (χ1) is 10.1. The van der Waals surface area contributed by atoms with E-state index in [0.717, 1.165) is 31.2 Å². The normalized spacial score (nSPS) is 16.1. The molecule has 5 nitrogen and oxygen atoms in total. The molecule has 1 saturated carbocycles. The molecule has 0 atom stereocenters. The number of halogens is 1. The zero-order chi connectivity index (χ0) is 15.2. The summed E-state index contributed by atoms with van der Waals surface area (Å²) in [4.78, 5) is 14.1. The van der Waals surface area contributed by atoms with E-state index in [1.54, 1.807) is 17.0 Å². The summed E-state index contributed by atoms with van der Waals surface area (Å²) < 4.78 is 12.9. The molecule has 114 valence electrons. The van der Waals surface area contributed by atoms with Crippen molar-refractivity contribution < 1.29 is 14.4 Å². The molecule has 2 rings (SSSR count). The molecule has 21 heavy (non-hydrogen) atoms. The Balaban J connectivity index is 2.07. The lowest BCUT2D eigenvalue weighted by molar-refractivity contribution is -0.131. The SMILES string of the molecule is NC(CN(C(=O)Cc1ccc(F)cc1)C1CCCC1)=NO. The van der Waals surface area contributed by atoms with Crippen LogP contribution in [0.4, 0.5) is 4.39 Å². The summed E-state index contributed by atoms with van der Waals surface area (Å²) >= 11 is 0. The first-order valence-electron chi connectivity index (χ1n) is 7.10. The Bertz CT molecular complexity index is 510. The highest BCUT2D eigenvalue weighted by molar-refractivity contribution is 5.87. The van der Waals surface area contributed by atoms with Crippen molar-refractivity contribution >= 4 is 11.7 Å². The van der Waals surface area contributed by atoms with Gasteiger partial charge >= 0.3 is 0 Å². The van der Waals surface area contributed by atoms with Crippen LogP contribution < -0.4 is 5.73 Å². The fourth-order valence-corrected chi connectivity index (χ4v) is 2.72. The minimum atomic E-state index is -0.324. The Hall–Kier alpha value is -2.11. The summed E-state index contributed by atoms with van der Waals surface area (Å²) in [5.74, 6) is -0.384. The number of benzene rings is 1. The van der Waals surface area contributed by atoms with Gasteiger partial charge in [0.25, 0.3) is 0 Å². The van der Waals surface area contributed by atoms with Gasteiger partial charge in [0.15, 0.2) is 5.84 Å². The van der Waals surface area contributed by atoms with E-state index >= 15 is 0 Å². The van der Waals surface area contributed by atoms with Crippen molar-refractivity contribution in [2.24, 2.45) is 10.9 Å². The predicted molar refractivity (Wildman–Crippen MR) is 77.5 cm³/mol. The second-order valence-electron chi connectivity index (χ2n) is 5.35. The number of amides is 1. The number of hydrogen-bond donors (Lipinski definition) is 2. The lowest BCUT2D eigenvalue weighted by Crippen LogP contribution is -2.44. The van der Waals surface area contributed by atoms with Crippen LogP contribution in [0.3, 0.4) is 0 Å². The van der Waals surface area contributed by atoms with Gasteiger partial charge in [0.05, 0.1) is 13.0 Å². The van der Waals surface area contributed by atoms with Crippen molar-refractivity contribution in [2.45, 2.75) is 38.1 Å². The lowest BCUT2D eigenvalue weighted by atomic mass is 10.1. The van der Waals surface area contributed by atoms with E-state index in [1.165, 1.54) is 12.1 Å². The van der Waals surface area contributed by atoms with E-state index in [-0.39, 0.29) is 36.6 Å². The first-order valence-corrected chi connectivity index (χ1v) is 7.10. The molecule has 3 N–H and O–H groups in total. The summed E-state index contributed by atoms with van der Waals surface area (Å²) in [6.07, 6.45) is 4.24. The van der Waals surface area contributed by atoms with Crippen LogP contribution >= 0.6 is 0 Å². The van der Waals surface area contributed by atoms with Gasteiger partial charge < -0.3 is 15.8 Å². The molecule has 0 unspecified atom stereocenters. The fraction of sp³-hybridized carbons (Fsp3) is 0.467. The first kappa shape index (κ1) is 15.3. The van der Waals surface area contributed by atoms with Crippen molar-refractivity contribution in [3.63, 3.8) is 0 Å². The van der Waals surface area contributed by atoms with Crippen molar-refractivity contribution in [3.8, 4) is 0 Å². The molecule has 1 aliphatic carbocycles. The maximum absolute atomic E-state index is 12.9. The minimum absolute atomic E-state index is 0.0226. The van der Waals surface area contributed by atoms with Gasteiger partial charge in [-0.3, -0.25) is 4.79 Å². The largest absolute Gasteiger partial charge is 0.409 e. The zero-order valence-corrected chi connectivity index (χ0v) is 11.8. The minimum Gasteiger partial charge on any atom is -0.409 e. The van der Waals surface area contributed by atoms with Crippen LogP contribution in [-0.2, 0) is 11.2 Å². The number of carbonyl (C=O) groups excluding carboxylic acids is 1. The summed E-state index contributed by atoms with van der Waals surface area (Å²) in [6.45, 7) is 0.126. The zero-order valence-electron chi connectivity index (χ0n) is 11.8. The number of amidine groups is 1. The Morgan fingerprint density at radius 2 is 1.95 bits per heavy atom. The van der Waals surface area contributed by atoms with Crippen LogP contribution in [0.25, 0.3) is 0 Å². The van der Waals surface area contributed by atoms with Gasteiger partial charge in [-0.05, 0) is 30.5 Å². The third kappa shape index (κ3) is 4.18. The number of hydrogen-bond acceptors (Lipinski definition) is 3. The Morgan fingerprint density at radius 3 is 2.52 bits per heavy atom. The van der Waals surface area contributed by atoms with E-state index < -0.39 is 0 Å². The van der Waals surface area contributed by atoms with Gasteiger partial charge in [-0.25, -0.2) is 4.39 Å². The standard InChI is InChI=1S/C15H20FN3O2/c16-12-7-5-11(6-8-12)9-15(20)19(10-14(17)18-21)13-3-1-2-4-13/h5-8,13,21H,1-4,9-10H2,(H2,17,18). The smallest absolute Gasteiger partial charge is 0.227 e. The summed E-state index contributed by atoms with van der Waals surface area (Å²) in [6, 6.07) is 6.02. The van der Waals surface area contributed by atoms with Crippen molar-refractivity contribution in [1.29, 1.82) is 0 Å². The monoisotopic (exact) mass is 293 g/mol. The molecule has 1 amide bonds. The average Bonchev–Trinajstić information content (AvgIpc) is 3.00. The topological polar surface area (TPSA) is 78.9 Å². The van der Waals surface area contributed by atoms with Crippen molar-refractivity contribution in [1.82, 2.24) is 4.90 Å².